The van der Waals surface area contributed by atoms with E-state index >= 15 is 0 Å². The highest BCUT2D eigenvalue weighted by atomic mass is 16.4. The Balaban J connectivity index is 1.83. The third-order valence-corrected chi connectivity index (χ3v) is 3.86. The Morgan fingerprint density at radius 3 is 3.00 bits per heavy atom. The standard InChI is InChI=1S/C15H13N3O3/c19-14(20)9-5-6-11-13(7-9)21-15(17-11)18-8-16-10-3-1-2-4-12(10)18/h5-8H,1-4H2,(H,19,20). The number of imidazole rings is 1. The summed E-state index contributed by atoms with van der Waals surface area (Å²) < 4.78 is 7.59. The lowest BCUT2D eigenvalue weighted by Gasteiger charge is -2.11. The van der Waals surface area contributed by atoms with Gasteiger partial charge < -0.3 is 9.52 Å². The first-order valence-corrected chi connectivity index (χ1v) is 6.92. The van der Waals surface area contributed by atoms with Gasteiger partial charge in [0.05, 0.1) is 17.0 Å². The monoisotopic (exact) mass is 283 g/mol. The van der Waals surface area contributed by atoms with Crippen LogP contribution in [0, 0.1) is 0 Å². The van der Waals surface area contributed by atoms with Gasteiger partial charge in [-0.15, -0.1) is 0 Å². The van der Waals surface area contributed by atoms with Gasteiger partial charge in [-0.05, 0) is 43.9 Å². The summed E-state index contributed by atoms with van der Waals surface area (Å²) in [6.45, 7) is 0. The zero-order valence-electron chi connectivity index (χ0n) is 11.2. The number of hydrogen-bond donors (Lipinski definition) is 1. The Morgan fingerprint density at radius 2 is 2.14 bits per heavy atom. The largest absolute Gasteiger partial charge is 0.478 e. The van der Waals surface area contributed by atoms with E-state index in [1.165, 1.54) is 18.6 Å². The van der Waals surface area contributed by atoms with Crippen molar-refractivity contribution in [1.82, 2.24) is 14.5 Å². The van der Waals surface area contributed by atoms with Crippen molar-refractivity contribution < 1.29 is 14.3 Å². The number of benzene rings is 1. The van der Waals surface area contributed by atoms with Crippen LogP contribution in [0.5, 0.6) is 0 Å². The quantitative estimate of drug-likeness (QED) is 0.781. The van der Waals surface area contributed by atoms with Crippen LogP contribution in [0.1, 0.15) is 34.6 Å². The van der Waals surface area contributed by atoms with Crippen molar-refractivity contribution in [1.29, 1.82) is 0 Å². The molecule has 2 aromatic heterocycles. The van der Waals surface area contributed by atoms with Crippen molar-refractivity contribution >= 4 is 17.1 Å². The molecule has 1 aromatic carbocycles. The van der Waals surface area contributed by atoms with Crippen molar-refractivity contribution in [2.24, 2.45) is 0 Å². The summed E-state index contributed by atoms with van der Waals surface area (Å²) in [6, 6.07) is 5.13. The number of aryl methyl sites for hydroxylation is 1. The second-order valence-electron chi connectivity index (χ2n) is 5.20. The maximum absolute atomic E-state index is 11.0. The van der Waals surface area contributed by atoms with Crippen LogP contribution < -0.4 is 0 Å². The fourth-order valence-electron chi connectivity index (χ4n) is 2.78. The lowest BCUT2D eigenvalue weighted by atomic mass is 10.0. The van der Waals surface area contributed by atoms with Crippen LogP contribution in [0.4, 0.5) is 0 Å². The zero-order valence-corrected chi connectivity index (χ0v) is 11.2. The van der Waals surface area contributed by atoms with Crippen LogP contribution in [0.2, 0.25) is 0 Å². The molecule has 0 radical (unpaired) electrons. The number of carboxylic acids is 1. The molecule has 1 N–H and O–H groups in total. The van der Waals surface area contributed by atoms with E-state index in [0.29, 0.717) is 17.1 Å². The molecule has 2 heterocycles. The molecule has 4 rings (SSSR count). The summed E-state index contributed by atoms with van der Waals surface area (Å²) in [7, 11) is 0. The van der Waals surface area contributed by atoms with Crippen LogP contribution in [0.15, 0.2) is 28.9 Å². The molecule has 1 aliphatic carbocycles. The number of fused-ring (bicyclic) bond motifs is 2. The first-order chi connectivity index (χ1) is 10.2. The summed E-state index contributed by atoms with van der Waals surface area (Å²) in [5.74, 6) is -0.977. The fourth-order valence-corrected chi connectivity index (χ4v) is 2.78. The van der Waals surface area contributed by atoms with E-state index in [1.807, 2.05) is 4.57 Å². The summed E-state index contributed by atoms with van der Waals surface area (Å²) in [5, 5.41) is 9.02. The Labute approximate surface area is 120 Å². The maximum Gasteiger partial charge on any atom is 0.335 e. The molecular formula is C15H13N3O3. The molecule has 0 saturated heterocycles. The number of hydrogen-bond acceptors (Lipinski definition) is 4. The number of aromatic carboxylic acids is 1. The van der Waals surface area contributed by atoms with Crippen LogP contribution in [0.3, 0.4) is 0 Å². The van der Waals surface area contributed by atoms with Crippen molar-refractivity contribution in [3.8, 4) is 6.01 Å². The number of carboxylic acid groups (broad SMARTS) is 1. The van der Waals surface area contributed by atoms with E-state index in [1.54, 1.807) is 12.4 Å². The van der Waals surface area contributed by atoms with Crippen LogP contribution in [-0.2, 0) is 12.8 Å². The molecule has 0 aliphatic heterocycles. The summed E-state index contributed by atoms with van der Waals surface area (Å²) in [6.07, 6.45) is 6.00. The Bertz CT molecular complexity index is 847. The first-order valence-electron chi connectivity index (χ1n) is 6.92. The molecule has 0 unspecified atom stereocenters. The lowest BCUT2D eigenvalue weighted by Crippen LogP contribution is -2.06. The van der Waals surface area contributed by atoms with Gasteiger partial charge in [0.25, 0.3) is 0 Å². The van der Waals surface area contributed by atoms with Crippen molar-refractivity contribution in [3.05, 3.63) is 41.5 Å². The van der Waals surface area contributed by atoms with Gasteiger partial charge >= 0.3 is 12.0 Å². The molecule has 6 heteroatoms. The second kappa shape index (κ2) is 4.44. The minimum Gasteiger partial charge on any atom is -0.478 e. The SMILES string of the molecule is O=C(O)c1ccc2nc(-n3cnc4c3CCCC4)oc2c1. The molecule has 3 aromatic rings. The van der Waals surface area contributed by atoms with Gasteiger partial charge in [0, 0.05) is 0 Å². The van der Waals surface area contributed by atoms with Gasteiger partial charge in [-0.1, -0.05) is 0 Å². The molecule has 0 atom stereocenters. The van der Waals surface area contributed by atoms with Crippen molar-refractivity contribution in [2.45, 2.75) is 25.7 Å². The molecule has 6 nitrogen and oxygen atoms in total. The molecule has 0 amide bonds. The molecule has 106 valence electrons. The van der Waals surface area contributed by atoms with Gasteiger partial charge in [0.1, 0.15) is 11.8 Å². The minimum absolute atomic E-state index is 0.192. The average molecular weight is 283 g/mol. The van der Waals surface area contributed by atoms with E-state index in [2.05, 4.69) is 9.97 Å². The molecule has 0 saturated carbocycles. The van der Waals surface area contributed by atoms with Gasteiger partial charge in [0.15, 0.2) is 5.58 Å². The molecule has 1 aliphatic rings. The normalized spacial score (nSPS) is 14.3. The predicted molar refractivity (Wildman–Crippen MR) is 74.7 cm³/mol. The summed E-state index contributed by atoms with van der Waals surface area (Å²) in [4.78, 5) is 19.8. The fraction of sp³-hybridized carbons (Fsp3) is 0.267. The molecular weight excluding hydrogens is 270 g/mol. The van der Waals surface area contributed by atoms with Crippen LogP contribution in [0.25, 0.3) is 17.1 Å². The van der Waals surface area contributed by atoms with Gasteiger partial charge in [-0.25, -0.2) is 9.78 Å². The van der Waals surface area contributed by atoms with E-state index in [9.17, 15) is 4.79 Å². The van der Waals surface area contributed by atoms with E-state index in [-0.39, 0.29) is 5.56 Å². The van der Waals surface area contributed by atoms with Crippen molar-refractivity contribution in [2.75, 3.05) is 0 Å². The molecule has 0 spiro atoms. The van der Waals surface area contributed by atoms with E-state index in [4.69, 9.17) is 9.52 Å². The topological polar surface area (TPSA) is 81.1 Å². The van der Waals surface area contributed by atoms with Gasteiger partial charge in [-0.2, -0.15) is 4.98 Å². The third-order valence-electron chi connectivity index (χ3n) is 3.86. The molecule has 0 bridgehead atoms. The number of carbonyl (C=O) groups is 1. The van der Waals surface area contributed by atoms with Crippen LogP contribution in [-0.4, -0.2) is 25.6 Å². The smallest absolute Gasteiger partial charge is 0.335 e. The van der Waals surface area contributed by atoms with Gasteiger partial charge in [-0.3, -0.25) is 4.57 Å². The number of oxazole rings is 1. The Hall–Kier alpha value is -2.63. The van der Waals surface area contributed by atoms with Crippen molar-refractivity contribution in [3.63, 3.8) is 0 Å². The highest BCUT2D eigenvalue weighted by Crippen LogP contribution is 2.25. The lowest BCUT2D eigenvalue weighted by molar-refractivity contribution is 0.0697. The predicted octanol–water partition coefficient (Wildman–Crippen LogP) is 2.59. The summed E-state index contributed by atoms with van der Waals surface area (Å²) >= 11 is 0. The third kappa shape index (κ3) is 1.91. The van der Waals surface area contributed by atoms with Gasteiger partial charge in [0.2, 0.25) is 0 Å². The molecule has 21 heavy (non-hydrogen) atoms. The minimum atomic E-state index is -0.977. The second-order valence-corrected chi connectivity index (χ2v) is 5.20. The first kappa shape index (κ1) is 12.1. The maximum atomic E-state index is 11.0. The molecule has 0 fully saturated rings. The Morgan fingerprint density at radius 1 is 1.29 bits per heavy atom. The number of nitrogens with zero attached hydrogens (tertiary/aromatic N) is 3. The number of rotatable bonds is 2. The highest BCUT2D eigenvalue weighted by Gasteiger charge is 2.19. The summed E-state index contributed by atoms with van der Waals surface area (Å²) in [5.41, 5.74) is 3.57. The number of aromatic nitrogens is 3. The van der Waals surface area contributed by atoms with Crippen LogP contribution >= 0.6 is 0 Å². The zero-order chi connectivity index (χ0) is 14.4. The highest BCUT2D eigenvalue weighted by molar-refractivity contribution is 5.91. The average Bonchev–Trinajstić information content (AvgIpc) is 3.09. The van der Waals surface area contributed by atoms with E-state index < -0.39 is 5.97 Å². The Kier molecular flexibility index (Phi) is 2.57. The van der Waals surface area contributed by atoms with E-state index in [0.717, 1.165) is 30.7 Å².